The van der Waals surface area contributed by atoms with Crippen molar-refractivity contribution in [1.29, 1.82) is 0 Å². The van der Waals surface area contributed by atoms with Gasteiger partial charge in [-0.15, -0.1) is 0 Å². The molecule has 1 aliphatic heterocycles. The number of nitrogens with one attached hydrogen (secondary N) is 1. The van der Waals surface area contributed by atoms with Gasteiger partial charge in [-0.05, 0) is 39.0 Å². The summed E-state index contributed by atoms with van der Waals surface area (Å²) >= 11 is 0. The molecule has 2 rings (SSSR count). The van der Waals surface area contributed by atoms with Gasteiger partial charge >= 0.3 is 0 Å². The molecule has 0 spiro atoms. The Balaban J connectivity index is 2.08. The number of methoxy groups -OCH3 is 2. The van der Waals surface area contributed by atoms with Gasteiger partial charge in [-0.2, -0.15) is 0 Å². The largest absolute Gasteiger partial charge is 0.493 e. The number of hydrogen-bond donors (Lipinski definition) is 1. The second-order valence-corrected chi connectivity index (χ2v) is 6.15. The van der Waals surface area contributed by atoms with Gasteiger partial charge in [0.05, 0.1) is 19.9 Å². The number of amides is 1. The molecule has 0 aromatic heterocycles. The highest BCUT2D eigenvalue weighted by molar-refractivity contribution is 6.04. The molecule has 0 bridgehead atoms. The first-order chi connectivity index (χ1) is 10.3. The molecule has 0 fully saturated rings. The van der Waals surface area contributed by atoms with E-state index < -0.39 is 6.10 Å². The fourth-order valence-electron chi connectivity index (χ4n) is 2.15. The van der Waals surface area contributed by atoms with Gasteiger partial charge in [0.15, 0.2) is 11.5 Å². The van der Waals surface area contributed by atoms with Crippen LogP contribution in [0.1, 0.15) is 32.8 Å². The first kappa shape index (κ1) is 16.1. The summed E-state index contributed by atoms with van der Waals surface area (Å²) in [4.78, 5) is 17.4. The van der Waals surface area contributed by atoms with E-state index in [1.54, 1.807) is 20.3 Å². The zero-order chi connectivity index (χ0) is 16.3. The fraction of sp³-hybridized carbons (Fsp3) is 0.500. The lowest BCUT2D eigenvalue weighted by atomic mass is 10.0. The first-order valence-corrected chi connectivity index (χ1v) is 7.11. The van der Waals surface area contributed by atoms with Gasteiger partial charge in [0.1, 0.15) is 0 Å². The maximum Gasteiger partial charge on any atom is 0.264 e. The van der Waals surface area contributed by atoms with Crippen LogP contribution in [0.5, 0.6) is 11.5 Å². The third-order valence-electron chi connectivity index (χ3n) is 3.18. The lowest BCUT2D eigenvalue weighted by Gasteiger charge is -2.22. The maximum absolute atomic E-state index is 12.1. The third-order valence-corrected chi connectivity index (χ3v) is 3.18. The quantitative estimate of drug-likeness (QED) is 0.925. The van der Waals surface area contributed by atoms with Crippen LogP contribution in [0.3, 0.4) is 0 Å². The SMILES string of the molecule is COc1ccc(C2=NOC(C(=O)NC(C)(C)C)C2)cc1OC. The highest BCUT2D eigenvalue weighted by Gasteiger charge is 2.31. The molecule has 1 atom stereocenters. The molecule has 1 unspecified atom stereocenters. The summed E-state index contributed by atoms with van der Waals surface area (Å²) < 4.78 is 10.5. The molecular formula is C16H22N2O4. The van der Waals surface area contributed by atoms with Crippen LogP contribution in [0, 0.1) is 0 Å². The molecule has 0 radical (unpaired) electrons. The van der Waals surface area contributed by atoms with Crippen LogP contribution in [0.15, 0.2) is 23.4 Å². The van der Waals surface area contributed by atoms with Crippen molar-refractivity contribution in [3.63, 3.8) is 0 Å². The van der Waals surface area contributed by atoms with Crippen LogP contribution >= 0.6 is 0 Å². The average Bonchev–Trinajstić information content (AvgIpc) is 2.94. The van der Waals surface area contributed by atoms with Gasteiger partial charge in [-0.25, -0.2) is 0 Å². The Hall–Kier alpha value is -2.24. The molecular weight excluding hydrogens is 284 g/mol. The number of carbonyl (C=O) groups excluding carboxylic acids is 1. The van der Waals surface area contributed by atoms with Gasteiger partial charge in [-0.1, -0.05) is 5.16 Å². The minimum absolute atomic E-state index is 0.160. The molecule has 120 valence electrons. The lowest BCUT2D eigenvalue weighted by molar-refractivity contribution is -0.132. The van der Waals surface area contributed by atoms with Crippen molar-refractivity contribution in [2.24, 2.45) is 5.16 Å². The smallest absolute Gasteiger partial charge is 0.264 e. The minimum Gasteiger partial charge on any atom is -0.493 e. The van der Waals surface area contributed by atoms with Crippen LogP contribution in [0.2, 0.25) is 0 Å². The van der Waals surface area contributed by atoms with Crippen LogP contribution in [0.25, 0.3) is 0 Å². The van der Waals surface area contributed by atoms with Crippen molar-refractivity contribution < 1.29 is 19.1 Å². The first-order valence-electron chi connectivity index (χ1n) is 7.11. The Bertz CT molecular complexity index is 590. The summed E-state index contributed by atoms with van der Waals surface area (Å²) in [5.74, 6) is 1.10. The van der Waals surface area contributed by atoms with Gasteiger partial charge in [0.25, 0.3) is 5.91 Å². The van der Waals surface area contributed by atoms with Crippen molar-refractivity contribution in [2.45, 2.75) is 38.8 Å². The molecule has 1 aliphatic rings. The van der Waals surface area contributed by atoms with E-state index in [2.05, 4.69) is 10.5 Å². The highest BCUT2D eigenvalue weighted by atomic mass is 16.6. The van der Waals surface area contributed by atoms with Crippen molar-refractivity contribution in [2.75, 3.05) is 14.2 Å². The number of ether oxygens (including phenoxy) is 2. The van der Waals surface area contributed by atoms with Crippen LogP contribution in [0.4, 0.5) is 0 Å². The maximum atomic E-state index is 12.1. The predicted molar refractivity (Wildman–Crippen MR) is 83.5 cm³/mol. The Morgan fingerprint density at radius 2 is 1.95 bits per heavy atom. The third kappa shape index (κ3) is 3.69. The van der Waals surface area contributed by atoms with Crippen LogP contribution in [-0.4, -0.2) is 37.5 Å². The van der Waals surface area contributed by atoms with E-state index in [1.165, 1.54) is 0 Å². The second kappa shape index (κ2) is 6.25. The topological polar surface area (TPSA) is 69.2 Å². The van der Waals surface area contributed by atoms with Crippen molar-refractivity contribution in [1.82, 2.24) is 5.32 Å². The Morgan fingerprint density at radius 1 is 1.27 bits per heavy atom. The van der Waals surface area contributed by atoms with E-state index in [-0.39, 0.29) is 11.4 Å². The van der Waals surface area contributed by atoms with E-state index in [0.717, 1.165) is 11.3 Å². The normalized spacial score (nSPS) is 17.5. The molecule has 6 nitrogen and oxygen atoms in total. The molecule has 6 heteroatoms. The molecule has 0 saturated heterocycles. The number of rotatable bonds is 4. The van der Waals surface area contributed by atoms with E-state index in [1.807, 2.05) is 32.9 Å². The second-order valence-electron chi connectivity index (χ2n) is 6.15. The number of oxime groups is 1. The van der Waals surface area contributed by atoms with Crippen molar-refractivity contribution in [3.05, 3.63) is 23.8 Å². The van der Waals surface area contributed by atoms with Gasteiger partial charge in [0, 0.05) is 17.5 Å². The number of nitrogens with zero attached hydrogens (tertiary/aromatic N) is 1. The molecule has 1 heterocycles. The van der Waals surface area contributed by atoms with Gasteiger partial charge in [0.2, 0.25) is 6.10 Å². The fourth-order valence-corrected chi connectivity index (χ4v) is 2.15. The minimum atomic E-state index is -0.595. The standard InChI is InChI=1S/C16H22N2O4/c1-16(2,3)17-15(19)14-9-11(18-22-14)10-6-7-12(20-4)13(8-10)21-5/h6-8,14H,9H2,1-5H3,(H,17,19). The lowest BCUT2D eigenvalue weighted by Crippen LogP contribution is -2.45. The highest BCUT2D eigenvalue weighted by Crippen LogP contribution is 2.29. The number of hydrogen-bond acceptors (Lipinski definition) is 5. The van der Waals surface area contributed by atoms with Crippen molar-refractivity contribution in [3.8, 4) is 11.5 Å². The van der Waals surface area contributed by atoms with Crippen molar-refractivity contribution >= 4 is 11.6 Å². The van der Waals surface area contributed by atoms with Gasteiger partial charge < -0.3 is 19.6 Å². The molecule has 1 aromatic carbocycles. The number of benzene rings is 1. The van der Waals surface area contributed by atoms with E-state index in [0.29, 0.717) is 17.9 Å². The molecule has 0 aliphatic carbocycles. The summed E-state index contributed by atoms with van der Waals surface area (Å²) in [6.45, 7) is 5.78. The Labute approximate surface area is 130 Å². The zero-order valence-electron chi connectivity index (χ0n) is 13.6. The van der Waals surface area contributed by atoms with Crippen LogP contribution < -0.4 is 14.8 Å². The predicted octanol–water partition coefficient (Wildman–Crippen LogP) is 2.11. The Morgan fingerprint density at radius 3 is 2.55 bits per heavy atom. The summed E-state index contributed by atoms with van der Waals surface area (Å²) in [5, 5.41) is 6.92. The molecule has 1 aromatic rings. The van der Waals surface area contributed by atoms with Gasteiger partial charge in [-0.3, -0.25) is 4.79 Å². The monoisotopic (exact) mass is 306 g/mol. The average molecular weight is 306 g/mol. The zero-order valence-corrected chi connectivity index (χ0v) is 13.6. The molecule has 1 N–H and O–H groups in total. The summed E-state index contributed by atoms with van der Waals surface area (Å²) in [5.41, 5.74) is 1.27. The summed E-state index contributed by atoms with van der Waals surface area (Å²) in [6.07, 6.45) is -0.167. The molecule has 22 heavy (non-hydrogen) atoms. The molecule has 1 amide bonds. The molecule has 0 saturated carbocycles. The number of carbonyl (C=O) groups is 1. The van der Waals surface area contributed by atoms with E-state index in [9.17, 15) is 4.79 Å². The van der Waals surface area contributed by atoms with E-state index >= 15 is 0 Å². The Kier molecular flexibility index (Phi) is 4.59. The summed E-state index contributed by atoms with van der Waals surface area (Å²) in [6, 6.07) is 5.50. The van der Waals surface area contributed by atoms with Crippen LogP contribution in [-0.2, 0) is 9.63 Å². The van der Waals surface area contributed by atoms with E-state index in [4.69, 9.17) is 14.3 Å². The summed E-state index contributed by atoms with van der Waals surface area (Å²) in [7, 11) is 3.16.